The zero-order valence-corrected chi connectivity index (χ0v) is 8.66. The number of hydrogen-bond acceptors (Lipinski definition) is 2. The average Bonchev–Trinajstić information content (AvgIpc) is 2.21. The summed E-state index contributed by atoms with van der Waals surface area (Å²) in [6, 6.07) is 3.75. The van der Waals surface area contributed by atoms with Crippen molar-refractivity contribution in [2.75, 3.05) is 0 Å². The average molecular weight is 189 g/mol. The first-order chi connectivity index (χ1) is 6.77. The molecule has 2 heteroatoms. The summed E-state index contributed by atoms with van der Waals surface area (Å²) in [4.78, 5) is 15.6. The van der Waals surface area contributed by atoms with Crippen molar-refractivity contribution in [3.63, 3.8) is 0 Å². The number of aromatic nitrogens is 1. The molecule has 0 aliphatic heterocycles. The molecule has 1 heterocycles. The highest BCUT2D eigenvalue weighted by atomic mass is 16.1. The fourth-order valence-corrected chi connectivity index (χ4v) is 1.36. The molecule has 0 fully saturated rings. The van der Waals surface area contributed by atoms with Crippen LogP contribution in [0.3, 0.4) is 0 Å². The second-order valence-corrected chi connectivity index (χ2v) is 3.12. The van der Waals surface area contributed by atoms with Crippen LogP contribution < -0.4 is 0 Å². The van der Waals surface area contributed by atoms with Crippen LogP contribution in [-0.4, -0.2) is 10.8 Å². The lowest BCUT2D eigenvalue weighted by Gasteiger charge is -2.02. The molecule has 14 heavy (non-hydrogen) atoms. The van der Waals surface area contributed by atoms with Crippen LogP contribution in [0.25, 0.3) is 0 Å². The van der Waals surface area contributed by atoms with Crippen LogP contribution in [-0.2, 0) is 11.2 Å². The van der Waals surface area contributed by atoms with Gasteiger partial charge in [0.1, 0.15) is 0 Å². The normalized spacial score (nSPS) is 11.4. The Morgan fingerprint density at radius 1 is 1.43 bits per heavy atom. The van der Waals surface area contributed by atoms with E-state index < -0.39 is 0 Å². The molecule has 1 aromatic heterocycles. The van der Waals surface area contributed by atoms with Crippen molar-refractivity contribution < 1.29 is 4.79 Å². The maximum Gasteiger partial charge on any atom is 0.162 e. The van der Waals surface area contributed by atoms with Gasteiger partial charge < -0.3 is 0 Å². The zero-order valence-electron chi connectivity index (χ0n) is 8.66. The summed E-state index contributed by atoms with van der Waals surface area (Å²) in [5.74, 6) is 0.209. The van der Waals surface area contributed by atoms with Gasteiger partial charge in [-0.1, -0.05) is 13.0 Å². The molecule has 0 bridgehead atoms. The van der Waals surface area contributed by atoms with E-state index in [0.29, 0.717) is 6.42 Å². The van der Waals surface area contributed by atoms with Crippen LogP contribution in [0.15, 0.2) is 36.2 Å². The molecule has 1 aromatic rings. The molecule has 0 amide bonds. The summed E-state index contributed by atoms with van der Waals surface area (Å²) in [5, 5.41) is 0. The summed E-state index contributed by atoms with van der Waals surface area (Å²) in [6.45, 7) is 3.91. The Morgan fingerprint density at radius 2 is 2.07 bits per heavy atom. The molecule has 0 saturated carbocycles. The van der Waals surface area contributed by atoms with Gasteiger partial charge in [0, 0.05) is 18.8 Å². The highest BCUT2D eigenvalue weighted by molar-refractivity contribution is 5.96. The Labute approximate surface area is 84.7 Å². The molecule has 0 aliphatic carbocycles. The second kappa shape index (κ2) is 5.32. The monoisotopic (exact) mass is 189 g/mol. The Bertz CT molecular complexity index is 327. The van der Waals surface area contributed by atoms with E-state index >= 15 is 0 Å². The number of hydrogen-bond donors (Lipinski definition) is 0. The third-order valence-corrected chi connectivity index (χ3v) is 2.20. The van der Waals surface area contributed by atoms with Crippen molar-refractivity contribution in [2.45, 2.75) is 26.7 Å². The minimum atomic E-state index is 0.209. The predicted molar refractivity (Wildman–Crippen MR) is 57.0 cm³/mol. The minimum Gasteiger partial charge on any atom is -0.294 e. The van der Waals surface area contributed by atoms with Crippen molar-refractivity contribution >= 4 is 5.78 Å². The van der Waals surface area contributed by atoms with Gasteiger partial charge >= 0.3 is 0 Å². The van der Waals surface area contributed by atoms with Crippen molar-refractivity contribution in [3.05, 3.63) is 41.7 Å². The lowest BCUT2D eigenvalue weighted by Crippen LogP contribution is -2.05. The predicted octanol–water partition coefficient (Wildman–Crippen LogP) is 2.55. The Balaban J connectivity index is 2.66. The van der Waals surface area contributed by atoms with Gasteiger partial charge in [-0.25, -0.2) is 0 Å². The molecule has 0 saturated heterocycles. The van der Waals surface area contributed by atoms with E-state index in [2.05, 4.69) is 4.98 Å². The molecule has 74 valence electrons. The highest BCUT2D eigenvalue weighted by Crippen LogP contribution is 2.07. The fourth-order valence-electron chi connectivity index (χ4n) is 1.36. The number of Topliss-reactive ketones (excluding diaryl/α,β-unsaturated/α-hetero) is 1. The van der Waals surface area contributed by atoms with E-state index in [9.17, 15) is 4.79 Å². The van der Waals surface area contributed by atoms with Gasteiger partial charge in [-0.2, -0.15) is 0 Å². The van der Waals surface area contributed by atoms with Gasteiger partial charge in [-0.3, -0.25) is 9.78 Å². The number of nitrogens with zero attached hydrogens (tertiary/aromatic N) is 1. The first kappa shape index (κ1) is 10.6. The molecule has 0 N–H and O–H groups in total. The number of carbonyl (C=O) groups is 1. The van der Waals surface area contributed by atoms with Crippen LogP contribution >= 0.6 is 0 Å². The van der Waals surface area contributed by atoms with Gasteiger partial charge in [-0.05, 0) is 36.6 Å². The summed E-state index contributed by atoms with van der Waals surface area (Å²) in [5.41, 5.74) is 1.93. The quantitative estimate of drug-likeness (QED) is 0.681. The molecular formula is C12H15NO. The molecule has 0 spiro atoms. The van der Waals surface area contributed by atoms with Crippen LogP contribution in [0.5, 0.6) is 0 Å². The van der Waals surface area contributed by atoms with E-state index in [1.807, 2.05) is 32.1 Å². The van der Waals surface area contributed by atoms with Crippen molar-refractivity contribution in [1.29, 1.82) is 0 Å². The SMILES string of the molecule is C/C=C(/CC)C(=O)Cc1ccncc1. The largest absolute Gasteiger partial charge is 0.294 e. The zero-order chi connectivity index (χ0) is 10.4. The fraction of sp³-hybridized carbons (Fsp3) is 0.333. The number of pyridine rings is 1. The molecule has 0 atom stereocenters. The highest BCUT2D eigenvalue weighted by Gasteiger charge is 2.06. The summed E-state index contributed by atoms with van der Waals surface area (Å²) in [6.07, 6.45) is 6.60. The molecule has 0 unspecified atom stereocenters. The van der Waals surface area contributed by atoms with Gasteiger partial charge in [0.2, 0.25) is 0 Å². The number of carbonyl (C=O) groups excluding carboxylic acids is 1. The smallest absolute Gasteiger partial charge is 0.162 e. The van der Waals surface area contributed by atoms with Crippen molar-refractivity contribution in [2.24, 2.45) is 0 Å². The second-order valence-electron chi connectivity index (χ2n) is 3.12. The third-order valence-electron chi connectivity index (χ3n) is 2.20. The lowest BCUT2D eigenvalue weighted by atomic mass is 10.0. The molecule has 1 rings (SSSR count). The van der Waals surface area contributed by atoms with Crippen LogP contribution in [0, 0.1) is 0 Å². The molecule has 0 aliphatic rings. The van der Waals surface area contributed by atoms with Crippen molar-refractivity contribution in [1.82, 2.24) is 4.98 Å². The van der Waals surface area contributed by atoms with E-state index in [1.54, 1.807) is 12.4 Å². The molecular weight excluding hydrogens is 174 g/mol. The summed E-state index contributed by atoms with van der Waals surface area (Å²) < 4.78 is 0. The Morgan fingerprint density at radius 3 is 2.57 bits per heavy atom. The maximum absolute atomic E-state index is 11.7. The summed E-state index contributed by atoms with van der Waals surface area (Å²) >= 11 is 0. The number of allylic oxidation sites excluding steroid dienone is 2. The van der Waals surface area contributed by atoms with Gasteiger partial charge in [0.05, 0.1) is 0 Å². The molecule has 0 radical (unpaired) electrons. The number of rotatable bonds is 4. The van der Waals surface area contributed by atoms with Crippen LogP contribution in [0.2, 0.25) is 0 Å². The molecule has 0 aromatic carbocycles. The third kappa shape index (κ3) is 2.80. The lowest BCUT2D eigenvalue weighted by molar-refractivity contribution is -0.115. The van der Waals surface area contributed by atoms with E-state index in [-0.39, 0.29) is 5.78 Å². The van der Waals surface area contributed by atoms with E-state index in [1.165, 1.54) is 0 Å². The van der Waals surface area contributed by atoms with Gasteiger partial charge in [0.15, 0.2) is 5.78 Å². The number of ketones is 1. The molecule has 2 nitrogen and oxygen atoms in total. The Kier molecular flexibility index (Phi) is 4.05. The Hall–Kier alpha value is -1.44. The van der Waals surface area contributed by atoms with E-state index in [0.717, 1.165) is 17.6 Å². The van der Waals surface area contributed by atoms with Gasteiger partial charge in [-0.15, -0.1) is 0 Å². The van der Waals surface area contributed by atoms with Crippen LogP contribution in [0.1, 0.15) is 25.8 Å². The first-order valence-electron chi connectivity index (χ1n) is 4.85. The van der Waals surface area contributed by atoms with Crippen LogP contribution in [0.4, 0.5) is 0 Å². The first-order valence-corrected chi connectivity index (χ1v) is 4.85. The van der Waals surface area contributed by atoms with E-state index in [4.69, 9.17) is 0 Å². The maximum atomic E-state index is 11.7. The standard InChI is InChI=1S/C12H15NO/c1-3-11(4-2)12(14)9-10-5-7-13-8-6-10/h3,5-8H,4,9H2,1-2H3/b11-3-. The summed E-state index contributed by atoms with van der Waals surface area (Å²) in [7, 11) is 0. The van der Waals surface area contributed by atoms with Crippen molar-refractivity contribution in [3.8, 4) is 0 Å². The minimum absolute atomic E-state index is 0.209. The topological polar surface area (TPSA) is 30.0 Å². The van der Waals surface area contributed by atoms with Gasteiger partial charge in [0.25, 0.3) is 0 Å².